The largest absolute Gasteiger partial charge is 0.489 e. The highest BCUT2D eigenvalue weighted by atomic mass is 16.5. The summed E-state index contributed by atoms with van der Waals surface area (Å²) in [6, 6.07) is 10.0. The first-order valence-corrected chi connectivity index (χ1v) is 4.84. The molecule has 1 fully saturated rings. The van der Waals surface area contributed by atoms with Crippen molar-refractivity contribution in [2.45, 2.75) is 0 Å². The molecule has 1 aromatic rings. The summed E-state index contributed by atoms with van der Waals surface area (Å²) in [6.45, 7) is 4.16. The fourth-order valence-electron chi connectivity index (χ4n) is 1.57. The highest BCUT2D eigenvalue weighted by molar-refractivity contribution is 5.45. The predicted molar refractivity (Wildman–Crippen MR) is 55.7 cm³/mol. The summed E-state index contributed by atoms with van der Waals surface area (Å²) in [5.74, 6) is 0.740. The Morgan fingerprint density at radius 3 is 2.64 bits per heavy atom. The minimum atomic E-state index is 0.740. The summed E-state index contributed by atoms with van der Waals surface area (Å²) in [5.41, 5.74) is 1.10. The minimum absolute atomic E-state index is 0.740. The number of nitrogens with one attached hydrogen (secondary N) is 1. The third-order valence-electron chi connectivity index (χ3n) is 2.38. The fourth-order valence-corrected chi connectivity index (χ4v) is 1.57. The quantitative estimate of drug-likeness (QED) is 0.743. The van der Waals surface area contributed by atoms with E-state index in [1.807, 2.05) is 12.1 Å². The third-order valence-corrected chi connectivity index (χ3v) is 2.38. The first-order valence-electron chi connectivity index (χ1n) is 4.84. The van der Waals surface area contributed by atoms with E-state index >= 15 is 0 Å². The predicted octanol–water partition coefficient (Wildman–Crippen LogP) is 0.705. The van der Waals surface area contributed by atoms with E-state index in [9.17, 15) is 0 Å². The number of anilines is 1. The lowest BCUT2D eigenvalue weighted by Crippen LogP contribution is -2.43. The molecular formula is C11H14N2O. The Bertz CT molecular complexity index is 278. The average Bonchev–Trinajstić information content (AvgIpc) is 2.30. The van der Waals surface area contributed by atoms with Crippen molar-refractivity contribution in [1.29, 1.82) is 0 Å². The van der Waals surface area contributed by atoms with E-state index in [0.717, 1.165) is 37.6 Å². The van der Waals surface area contributed by atoms with Gasteiger partial charge >= 0.3 is 0 Å². The van der Waals surface area contributed by atoms with Crippen LogP contribution in [0.1, 0.15) is 0 Å². The Hall–Kier alpha value is -1.40. The number of nitrogens with zero attached hydrogens (tertiary/aromatic N) is 1. The third kappa shape index (κ3) is 1.91. The summed E-state index contributed by atoms with van der Waals surface area (Å²) >= 11 is 0. The molecule has 0 bridgehead atoms. The van der Waals surface area contributed by atoms with Crippen LogP contribution in [0.3, 0.4) is 0 Å². The number of ether oxygens (including phenoxy) is 1. The highest BCUT2D eigenvalue weighted by Crippen LogP contribution is 2.14. The summed E-state index contributed by atoms with van der Waals surface area (Å²) in [7, 11) is 1.64. The number of hydrogen-bond acceptors (Lipinski definition) is 3. The Balaban J connectivity index is 2.07. The molecule has 0 saturated carbocycles. The molecular weight excluding hydrogens is 176 g/mol. The van der Waals surface area contributed by atoms with Gasteiger partial charge in [0.2, 0.25) is 0 Å². The summed E-state index contributed by atoms with van der Waals surface area (Å²) in [4.78, 5) is 2.30. The van der Waals surface area contributed by atoms with Gasteiger partial charge in [0.25, 0.3) is 0 Å². The second-order valence-corrected chi connectivity index (χ2v) is 3.27. The molecule has 74 valence electrons. The van der Waals surface area contributed by atoms with Gasteiger partial charge in [-0.25, -0.2) is 0 Å². The van der Waals surface area contributed by atoms with Crippen molar-refractivity contribution in [3.63, 3.8) is 0 Å². The Kier molecular flexibility index (Phi) is 2.76. The molecule has 0 aliphatic carbocycles. The van der Waals surface area contributed by atoms with E-state index in [0.29, 0.717) is 0 Å². The molecule has 0 radical (unpaired) electrons. The minimum Gasteiger partial charge on any atom is -0.489 e. The lowest BCUT2D eigenvalue weighted by atomic mass is 10.3. The van der Waals surface area contributed by atoms with Crippen LogP contribution < -0.4 is 15.0 Å². The maximum atomic E-state index is 5.04. The topological polar surface area (TPSA) is 24.5 Å². The van der Waals surface area contributed by atoms with Crippen LogP contribution in [-0.2, 0) is 0 Å². The number of piperazine rings is 1. The van der Waals surface area contributed by atoms with Crippen LogP contribution in [0.4, 0.5) is 5.69 Å². The van der Waals surface area contributed by atoms with Gasteiger partial charge in [-0.05, 0) is 24.3 Å². The van der Waals surface area contributed by atoms with E-state index in [1.54, 1.807) is 7.11 Å². The van der Waals surface area contributed by atoms with Crippen molar-refractivity contribution in [3.8, 4) is 5.75 Å². The second kappa shape index (κ2) is 4.21. The van der Waals surface area contributed by atoms with E-state index in [4.69, 9.17) is 4.74 Å². The van der Waals surface area contributed by atoms with Crippen molar-refractivity contribution in [2.75, 3.05) is 38.2 Å². The van der Waals surface area contributed by atoms with Crippen LogP contribution in [0.25, 0.3) is 0 Å². The highest BCUT2D eigenvalue weighted by Gasteiger charge is 2.09. The lowest BCUT2D eigenvalue weighted by Gasteiger charge is -2.28. The molecule has 0 aromatic heterocycles. The number of hydrogen-bond donors (Lipinski definition) is 1. The SMILES string of the molecule is COc1c#cc(N2CCNCC2)cc1. The smallest absolute Gasteiger partial charge is 0.170 e. The normalized spacial score (nSPS) is 16.2. The molecule has 3 nitrogen and oxygen atoms in total. The molecule has 1 aliphatic rings. The van der Waals surface area contributed by atoms with Crippen LogP contribution >= 0.6 is 0 Å². The van der Waals surface area contributed by atoms with Gasteiger partial charge < -0.3 is 15.0 Å². The van der Waals surface area contributed by atoms with E-state index in [2.05, 4.69) is 22.3 Å². The first-order chi connectivity index (χ1) is 6.90. The van der Waals surface area contributed by atoms with Crippen molar-refractivity contribution in [3.05, 3.63) is 24.3 Å². The molecule has 1 saturated heterocycles. The standard InChI is InChI=1S/C11H14N2O/c1-14-11-4-2-10(3-5-11)13-8-6-12-7-9-13/h2,4,12H,6-9H2,1H3. The zero-order valence-electron chi connectivity index (χ0n) is 8.34. The Morgan fingerprint density at radius 1 is 1.29 bits per heavy atom. The summed E-state index contributed by atoms with van der Waals surface area (Å²) in [6.07, 6.45) is 0. The van der Waals surface area contributed by atoms with Gasteiger partial charge in [-0.1, -0.05) is 0 Å². The van der Waals surface area contributed by atoms with Crippen molar-refractivity contribution < 1.29 is 4.74 Å². The molecule has 2 rings (SSSR count). The van der Waals surface area contributed by atoms with Gasteiger partial charge in [0, 0.05) is 26.2 Å². The van der Waals surface area contributed by atoms with Gasteiger partial charge in [-0.3, -0.25) is 0 Å². The van der Waals surface area contributed by atoms with Crippen LogP contribution in [0.5, 0.6) is 5.75 Å². The molecule has 0 atom stereocenters. The zero-order chi connectivity index (χ0) is 9.80. The van der Waals surface area contributed by atoms with Gasteiger partial charge in [-0.2, -0.15) is 0 Å². The Labute approximate surface area is 84.7 Å². The van der Waals surface area contributed by atoms with Crippen LogP contribution in [0.2, 0.25) is 0 Å². The summed E-state index contributed by atoms with van der Waals surface area (Å²) < 4.78 is 5.04. The van der Waals surface area contributed by atoms with Crippen molar-refractivity contribution in [2.24, 2.45) is 0 Å². The molecule has 1 aliphatic heterocycles. The van der Waals surface area contributed by atoms with Crippen molar-refractivity contribution in [1.82, 2.24) is 5.32 Å². The van der Waals surface area contributed by atoms with E-state index in [1.165, 1.54) is 0 Å². The van der Waals surface area contributed by atoms with E-state index < -0.39 is 0 Å². The van der Waals surface area contributed by atoms with Gasteiger partial charge in [0.1, 0.15) is 0 Å². The molecule has 1 heterocycles. The molecule has 1 N–H and O–H groups in total. The van der Waals surface area contributed by atoms with Crippen LogP contribution in [0, 0.1) is 12.1 Å². The first kappa shape index (κ1) is 9.17. The molecule has 1 aromatic carbocycles. The van der Waals surface area contributed by atoms with Crippen molar-refractivity contribution >= 4 is 5.69 Å². The van der Waals surface area contributed by atoms with E-state index in [-0.39, 0.29) is 0 Å². The average molecular weight is 190 g/mol. The maximum absolute atomic E-state index is 5.04. The van der Waals surface area contributed by atoms with Gasteiger partial charge in [0.05, 0.1) is 12.8 Å². The monoisotopic (exact) mass is 190 g/mol. The van der Waals surface area contributed by atoms with Crippen LogP contribution in [0.15, 0.2) is 12.1 Å². The summed E-state index contributed by atoms with van der Waals surface area (Å²) in [5, 5.41) is 3.32. The molecule has 14 heavy (non-hydrogen) atoms. The fraction of sp³-hybridized carbons (Fsp3) is 0.455. The number of rotatable bonds is 2. The Morgan fingerprint density at radius 2 is 2.07 bits per heavy atom. The molecule has 3 heteroatoms. The molecule has 0 unspecified atom stereocenters. The zero-order valence-corrected chi connectivity index (χ0v) is 8.34. The second-order valence-electron chi connectivity index (χ2n) is 3.27. The molecule has 0 spiro atoms. The van der Waals surface area contributed by atoms with Gasteiger partial charge in [-0.15, -0.1) is 0 Å². The van der Waals surface area contributed by atoms with Gasteiger partial charge in [0.15, 0.2) is 5.75 Å². The maximum Gasteiger partial charge on any atom is 0.170 e. The van der Waals surface area contributed by atoms with Crippen LogP contribution in [-0.4, -0.2) is 33.3 Å². The molecule has 0 amide bonds. The number of methoxy groups -OCH3 is 1. The lowest BCUT2D eigenvalue weighted by molar-refractivity contribution is 0.415.